The number of esters is 1. The van der Waals surface area contributed by atoms with Crippen molar-refractivity contribution in [3.05, 3.63) is 41.8 Å². The number of carbonyl (C=O) groups is 1. The molecule has 0 unspecified atom stereocenters. The first kappa shape index (κ1) is 19.4. The lowest BCUT2D eigenvalue weighted by Crippen LogP contribution is -2.03. The third kappa shape index (κ3) is 8.55. The van der Waals surface area contributed by atoms with Crippen molar-refractivity contribution in [1.82, 2.24) is 0 Å². The molecule has 1 aromatic carbocycles. The molecule has 0 aliphatic rings. The van der Waals surface area contributed by atoms with E-state index in [4.69, 9.17) is 4.74 Å². The van der Waals surface area contributed by atoms with Crippen LogP contribution >= 0.6 is 0 Å². The predicted octanol–water partition coefficient (Wildman–Crippen LogP) is 4.27. The zero-order valence-electron chi connectivity index (χ0n) is 13.7. The van der Waals surface area contributed by atoms with Crippen LogP contribution in [0.15, 0.2) is 46.7 Å². The maximum atomic E-state index is 12.0. The second-order valence-corrected chi connectivity index (χ2v) is 7.17. The molecule has 0 aliphatic heterocycles. The predicted molar refractivity (Wildman–Crippen MR) is 91.7 cm³/mol. The van der Waals surface area contributed by atoms with Gasteiger partial charge < -0.3 is 4.74 Å². The third-order valence-corrected chi connectivity index (χ3v) is 4.88. The van der Waals surface area contributed by atoms with Crippen molar-refractivity contribution in [3.63, 3.8) is 0 Å². The molecule has 23 heavy (non-hydrogen) atoms. The Morgan fingerprint density at radius 1 is 1.04 bits per heavy atom. The Morgan fingerprint density at radius 3 is 2.39 bits per heavy atom. The molecule has 128 valence electrons. The SMILES string of the molecule is CCOC(=O)CCCCCCC/C=C/S(=O)(=O)c1ccccc1. The number of hydrogen-bond donors (Lipinski definition) is 0. The number of unbranched alkanes of at least 4 members (excludes halogenated alkanes) is 5. The van der Waals surface area contributed by atoms with Gasteiger partial charge in [-0.3, -0.25) is 4.79 Å². The van der Waals surface area contributed by atoms with Crippen LogP contribution in [-0.4, -0.2) is 21.0 Å². The van der Waals surface area contributed by atoms with Gasteiger partial charge in [-0.15, -0.1) is 0 Å². The van der Waals surface area contributed by atoms with Crippen LogP contribution in [-0.2, 0) is 19.4 Å². The minimum atomic E-state index is -3.31. The molecule has 0 radical (unpaired) electrons. The lowest BCUT2D eigenvalue weighted by molar-refractivity contribution is -0.143. The van der Waals surface area contributed by atoms with E-state index < -0.39 is 9.84 Å². The van der Waals surface area contributed by atoms with Crippen LogP contribution in [0.1, 0.15) is 51.9 Å². The van der Waals surface area contributed by atoms with Crippen molar-refractivity contribution in [1.29, 1.82) is 0 Å². The third-order valence-electron chi connectivity index (χ3n) is 3.40. The summed E-state index contributed by atoms with van der Waals surface area (Å²) in [6.07, 6.45) is 7.88. The maximum Gasteiger partial charge on any atom is 0.305 e. The zero-order valence-corrected chi connectivity index (χ0v) is 14.6. The van der Waals surface area contributed by atoms with Crippen LogP contribution in [0, 0.1) is 0 Å². The standard InChI is InChI=1S/C18H26O4S/c1-2-22-18(19)15-11-6-4-3-5-7-12-16-23(20,21)17-13-9-8-10-14-17/h8-10,12-14,16H,2-7,11,15H2,1H3/b16-12+. The van der Waals surface area contributed by atoms with Crippen LogP contribution in [0.3, 0.4) is 0 Å². The van der Waals surface area contributed by atoms with Crippen LogP contribution in [0.2, 0.25) is 0 Å². The van der Waals surface area contributed by atoms with E-state index >= 15 is 0 Å². The van der Waals surface area contributed by atoms with E-state index in [0.29, 0.717) is 17.9 Å². The Hall–Kier alpha value is -1.62. The van der Waals surface area contributed by atoms with Gasteiger partial charge in [0.05, 0.1) is 11.5 Å². The minimum absolute atomic E-state index is 0.124. The molecule has 0 N–H and O–H groups in total. The summed E-state index contributed by atoms with van der Waals surface area (Å²) in [7, 11) is -3.31. The van der Waals surface area contributed by atoms with E-state index in [2.05, 4.69) is 0 Å². The monoisotopic (exact) mass is 338 g/mol. The fourth-order valence-electron chi connectivity index (χ4n) is 2.18. The van der Waals surface area contributed by atoms with E-state index in [0.717, 1.165) is 38.5 Å². The Bertz CT molecular complexity index is 576. The summed E-state index contributed by atoms with van der Waals surface area (Å²) in [5.41, 5.74) is 0. The molecule has 0 bridgehead atoms. The summed E-state index contributed by atoms with van der Waals surface area (Å²) in [6.45, 7) is 2.25. The average Bonchev–Trinajstić information content (AvgIpc) is 2.54. The number of benzene rings is 1. The van der Waals surface area contributed by atoms with Gasteiger partial charge in [0.25, 0.3) is 0 Å². The first-order chi connectivity index (χ1) is 11.1. The first-order valence-corrected chi connectivity index (χ1v) is 9.73. The smallest absolute Gasteiger partial charge is 0.305 e. The molecule has 4 nitrogen and oxygen atoms in total. The summed E-state index contributed by atoms with van der Waals surface area (Å²) in [5.74, 6) is -0.124. The quantitative estimate of drug-likeness (QED) is 0.446. The first-order valence-electron chi connectivity index (χ1n) is 8.18. The van der Waals surface area contributed by atoms with Crippen molar-refractivity contribution < 1.29 is 17.9 Å². The van der Waals surface area contributed by atoms with Gasteiger partial charge in [-0.25, -0.2) is 8.42 Å². The molecular weight excluding hydrogens is 312 g/mol. The topological polar surface area (TPSA) is 60.4 Å². The lowest BCUT2D eigenvalue weighted by atomic mass is 10.1. The summed E-state index contributed by atoms with van der Waals surface area (Å²) in [4.78, 5) is 11.5. The minimum Gasteiger partial charge on any atom is -0.466 e. The molecule has 0 heterocycles. The molecule has 5 heteroatoms. The number of rotatable bonds is 11. The molecular formula is C18H26O4S. The Kier molecular flexibility index (Phi) is 9.29. The van der Waals surface area contributed by atoms with Crippen LogP contribution in [0.5, 0.6) is 0 Å². The largest absolute Gasteiger partial charge is 0.466 e. The van der Waals surface area contributed by atoms with Gasteiger partial charge in [-0.1, -0.05) is 43.5 Å². The Morgan fingerprint density at radius 2 is 1.70 bits per heavy atom. The molecule has 1 aromatic rings. The van der Waals surface area contributed by atoms with Crippen LogP contribution < -0.4 is 0 Å². The Balaban J connectivity index is 2.12. The average molecular weight is 338 g/mol. The highest BCUT2D eigenvalue weighted by molar-refractivity contribution is 7.94. The molecule has 0 aliphatic carbocycles. The van der Waals surface area contributed by atoms with E-state index in [-0.39, 0.29) is 5.97 Å². The molecule has 0 saturated heterocycles. The highest BCUT2D eigenvalue weighted by atomic mass is 32.2. The molecule has 0 saturated carbocycles. The highest BCUT2D eigenvalue weighted by Crippen LogP contribution is 2.13. The van der Waals surface area contributed by atoms with Crippen molar-refractivity contribution in [2.45, 2.75) is 56.8 Å². The zero-order chi connectivity index (χ0) is 17.0. The number of ether oxygens (including phenoxy) is 1. The van der Waals surface area contributed by atoms with Gasteiger partial charge in [-0.2, -0.15) is 0 Å². The van der Waals surface area contributed by atoms with Gasteiger partial charge in [0.2, 0.25) is 0 Å². The van der Waals surface area contributed by atoms with E-state index in [1.54, 1.807) is 36.4 Å². The van der Waals surface area contributed by atoms with Crippen LogP contribution in [0.4, 0.5) is 0 Å². The second kappa shape index (κ2) is 11.0. The van der Waals surface area contributed by atoms with E-state index in [1.807, 2.05) is 6.92 Å². The second-order valence-electron chi connectivity index (χ2n) is 5.34. The number of sulfone groups is 1. The summed E-state index contributed by atoms with van der Waals surface area (Å²) >= 11 is 0. The highest BCUT2D eigenvalue weighted by Gasteiger charge is 2.08. The van der Waals surface area contributed by atoms with E-state index in [1.165, 1.54) is 5.41 Å². The fourth-order valence-corrected chi connectivity index (χ4v) is 3.26. The molecule has 0 aromatic heterocycles. The van der Waals surface area contributed by atoms with Gasteiger partial charge in [0.15, 0.2) is 9.84 Å². The lowest BCUT2D eigenvalue weighted by Gasteiger charge is -2.02. The van der Waals surface area contributed by atoms with Crippen molar-refractivity contribution in [3.8, 4) is 0 Å². The summed E-state index contributed by atoms with van der Waals surface area (Å²) < 4.78 is 28.9. The number of allylic oxidation sites excluding steroid dienone is 1. The summed E-state index contributed by atoms with van der Waals surface area (Å²) in [6, 6.07) is 8.44. The molecule has 0 spiro atoms. The molecule has 0 atom stereocenters. The van der Waals surface area contributed by atoms with Gasteiger partial charge in [0.1, 0.15) is 0 Å². The van der Waals surface area contributed by atoms with Crippen molar-refractivity contribution in [2.24, 2.45) is 0 Å². The van der Waals surface area contributed by atoms with Crippen molar-refractivity contribution in [2.75, 3.05) is 6.61 Å². The van der Waals surface area contributed by atoms with E-state index in [9.17, 15) is 13.2 Å². The molecule has 0 fully saturated rings. The van der Waals surface area contributed by atoms with Crippen LogP contribution in [0.25, 0.3) is 0 Å². The Labute approximate surface area is 139 Å². The fraction of sp³-hybridized carbons (Fsp3) is 0.500. The van der Waals surface area contributed by atoms with Gasteiger partial charge in [-0.05, 0) is 38.3 Å². The maximum absolute atomic E-state index is 12.0. The normalized spacial score (nSPS) is 11.7. The van der Waals surface area contributed by atoms with Gasteiger partial charge >= 0.3 is 5.97 Å². The molecule has 0 amide bonds. The number of hydrogen-bond acceptors (Lipinski definition) is 4. The summed E-state index contributed by atoms with van der Waals surface area (Å²) in [5, 5.41) is 1.29. The van der Waals surface area contributed by atoms with Gasteiger partial charge in [0, 0.05) is 11.8 Å². The molecule has 1 rings (SSSR count). The number of carbonyl (C=O) groups excluding carboxylic acids is 1. The van der Waals surface area contributed by atoms with Crippen molar-refractivity contribution >= 4 is 15.8 Å².